The number of fused-ring (bicyclic) bond motifs is 1. The fourth-order valence-corrected chi connectivity index (χ4v) is 12.9. The smallest absolute Gasteiger partial charge is 0.407 e. The number of nitrogens with one attached hydrogen (secondary N) is 5. The number of carbonyl (C=O) groups is 5. The van der Waals surface area contributed by atoms with Crippen molar-refractivity contribution < 1.29 is 61.6 Å². The molecule has 520 valence electrons. The summed E-state index contributed by atoms with van der Waals surface area (Å²) in [6.07, 6.45) is 0.949. The summed E-state index contributed by atoms with van der Waals surface area (Å²) in [4.78, 5) is 89.4. The molecule has 1 fully saturated rings. The van der Waals surface area contributed by atoms with Crippen molar-refractivity contribution in [1.29, 1.82) is 0 Å². The van der Waals surface area contributed by atoms with E-state index in [1.54, 1.807) is 75.7 Å². The second-order valence-electron chi connectivity index (χ2n) is 24.2. The fourth-order valence-electron chi connectivity index (χ4n) is 11.5. The summed E-state index contributed by atoms with van der Waals surface area (Å²) in [5.41, 5.74) is 20.9. The molecule has 0 spiro atoms. The highest BCUT2D eigenvalue weighted by Crippen LogP contribution is 2.50. The number of carboxylic acid groups (broad SMARTS) is 1. The van der Waals surface area contributed by atoms with Crippen molar-refractivity contribution in [3.8, 4) is 56.1 Å². The lowest BCUT2D eigenvalue weighted by Gasteiger charge is -2.42. The van der Waals surface area contributed by atoms with Crippen molar-refractivity contribution in [3.05, 3.63) is 171 Å². The number of piperazine rings is 1. The zero-order valence-electron chi connectivity index (χ0n) is 55.8. The molecule has 0 unspecified atom stereocenters. The van der Waals surface area contributed by atoms with Gasteiger partial charge in [-0.3, -0.25) is 14.5 Å². The van der Waals surface area contributed by atoms with Crippen molar-refractivity contribution in [1.82, 2.24) is 46.1 Å². The monoisotopic (exact) mass is 1390 g/mol. The van der Waals surface area contributed by atoms with E-state index in [9.17, 15) is 33.5 Å². The molecule has 1 aliphatic heterocycles. The molecule has 99 heavy (non-hydrogen) atoms. The molecule has 3 atom stereocenters. The Hall–Kier alpha value is -10.2. The molecule has 1 saturated heterocycles. The van der Waals surface area contributed by atoms with E-state index >= 15 is 0 Å². The van der Waals surface area contributed by atoms with Crippen molar-refractivity contribution in [2.75, 3.05) is 85.5 Å². The van der Waals surface area contributed by atoms with Crippen LogP contribution in [0.3, 0.4) is 0 Å². The van der Waals surface area contributed by atoms with Gasteiger partial charge in [-0.05, 0) is 121 Å². The predicted octanol–water partition coefficient (Wildman–Crippen LogP) is 10.2. The van der Waals surface area contributed by atoms with Gasteiger partial charge in [-0.1, -0.05) is 85.2 Å². The molecule has 29 heteroatoms. The van der Waals surface area contributed by atoms with Gasteiger partial charge in [0.05, 0.1) is 62.1 Å². The standard InChI is InChI=1S/C70H79ClFN15O11S/c1-42(2)61(84-70(93)96-34-28-80-85-74)65(89)83-53(14-11-26-77-69(73)92)64(88)82-49-22-19-46(47(36-49)38-75-4)39-87(5)32-29-86(30-33-87)31-35-95-56-24-23-51(43(3)60(56)71)58-59-66(78-41-79-67(59)99-62(58)44-17-20-48(72)21-18-44)98-57(68(90)91)37-45-12-7-9-15-54(45)97-40-50-25-27-76-63(81-50)52-13-8-10-16-55(52)94-6/h7-10,12-13,15-25,27,36,41-42,53,57,61,75H,11,14,26,28-35,37-40H2,1-6H3,(H6-,73,77,82,83,84,88,89,90,91,92,93)/p+1/t53-,57+,61-/m0/s1. The summed E-state index contributed by atoms with van der Waals surface area (Å²) in [5, 5.41) is 29.0. The molecule has 5 aromatic carbocycles. The number of likely N-dealkylation sites (N-methyl/N-ethyl adjacent to an activating group) is 1. The summed E-state index contributed by atoms with van der Waals surface area (Å²) in [5.74, 6) is -1.18. The number of azide groups is 1. The first kappa shape index (κ1) is 73.0. The van der Waals surface area contributed by atoms with Crippen LogP contribution in [0.5, 0.6) is 23.1 Å². The Kier molecular flexibility index (Phi) is 25.7. The van der Waals surface area contributed by atoms with Crippen molar-refractivity contribution in [2.24, 2.45) is 16.8 Å². The van der Waals surface area contributed by atoms with Crippen LogP contribution in [0.1, 0.15) is 54.6 Å². The number of halogens is 2. The SMILES string of the molecule is CNCc1cc(NC(=O)[C@H](CCCNC(N)=O)NC(=O)[C@@H](NC(=O)OCCN=[N+]=[N-])C(C)C)ccc1C[N+]1(C)CCN(CCOc2ccc(-c3c(-c4ccc(F)cc4)sc4ncnc(O[C@H](Cc5ccccc5OCc5ccnc(-c6ccccc6OC)n5)C(=O)O)c34)c(C)c2Cl)CC1. The number of hydrogen-bond acceptors (Lipinski definition) is 18. The third-order valence-electron chi connectivity index (χ3n) is 16.8. The number of nitrogens with two attached hydrogens (primary N) is 1. The minimum absolute atomic E-state index is 0.0254. The van der Waals surface area contributed by atoms with Crippen LogP contribution in [0.2, 0.25) is 5.02 Å². The van der Waals surface area contributed by atoms with Crippen LogP contribution < -0.4 is 51.3 Å². The molecule has 0 radical (unpaired) electrons. The molecule has 3 aromatic heterocycles. The lowest BCUT2D eigenvalue weighted by molar-refractivity contribution is -0.926. The van der Waals surface area contributed by atoms with Gasteiger partial charge in [0.1, 0.15) is 66.1 Å². The third kappa shape index (κ3) is 19.5. The van der Waals surface area contributed by atoms with E-state index in [2.05, 4.69) is 63.5 Å². The van der Waals surface area contributed by atoms with Gasteiger partial charge in [-0.2, -0.15) is 0 Å². The molecule has 0 bridgehead atoms. The van der Waals surface area contributed by atoms with Gasteiger partial charge >= 0.3 is 18.1 Å². The molecule has 26 nitrogen and oxygen atoms in total. The number of hydrogen-bond donors (Lipinski definition) is 7. The van der Waals surface area contributed by atoms with E-state index in [1.165, 1.54) is 29.8 Å². The Balaban J connectivity index is 0.847. The second-order valence-corrected chi connectivity index (χ2v) is 25.6. The number of carbonyl (C=O) groups excluding carboxylic acids is 4. The quantitative estimate of drug-likeness (QED) is 0.00661. The van der Waals surface area contributed by atoms with Gasteiger partial charge < -0.3 is 65.6 Å². The fraction of sp³-hybridized carbons (Fsp3) is 0.357. The molecule has 5 amide bonds. The average molecular weight is 1390 g/mol. The Bertz CT molecular complexity index is 4210. The number of amides is 5. The maximum Gasteiger partial charge on any atom is 0.407 e. The van der Waals surface area contributed by atoms with Gasteiger partial charge in [-0.25, -0.2) is 38.7 Å². The van der Waals surface area contributed by atoms with Crippen LogP contribution in [0, 0.1) is 18.7 Å². The number of ether oxygens (including phenoxy) is 5. The normalized spacial score (nSPS) is 13.7. The van der Waals surface area contributed by atoms with Crippen LogP contribution in [0.4, 0.5) is 19.7 Å². The Morgan fingerprint density at radius 3 is 2.36 bits per heavy atom. The maximum atomic E-state index is 14.5. The lowest BCUT2D eigenvalue weighted by atomic mass is 9.96. The number of carboxylic acids is 1. The van der Waals surface area contributed by atoms with E-state index < -0.39 is 59.8 Å². The highest BCUT2D eigenvalue weighted by Gasteiger charge is 2.33. The number of urea groups is 1. The number of primary amides is 1. The van der Waals surface area contributed by atoms with Crippen molar-refractivity contribution in [3.63, 3.8) is 0 Å². The maximum absolute atomic E-state index is 14.5. The summed E-state index contributed by atoms with van der Waals surface area (Å²) in [6, 6.07) is 29.0. The van der Waals surface area contributed by atoms with Crippen LogP contribution >= 0.6 is 22.9 Å². The summed E-state index contributed by atoms with van der Waals surface area (Å²) >= 11 is 8.59. The molecule has 8 aromatic rings. The first-order valence-electron chi connectivity index (χ1n) is 32.2. The Morgan fingerprint density at radius 2 is 1.64 bits per heavy atom. The molecular weight excluding hydrogens is 1310 g/mol. The Morgan fingerprint density at radius 1 is 0.879 bits per heavy atom. The van der Waals surface area contributed by atoms with Gasteiger partial charge in [0.15, 0.2) is 5.82 Å². The van der Waals surface area contributed by atoms with Gasteiger partial charge in [-0.15, -0.1) is 11.3 Å². The first-order chi connectivity index (χ1) is 47.7. The Labute approximate surface area is 581 Å². The third-order valence-corrected chi connectivity index (χ3v) is 18.4. The topological polar surface area (TPSA) is 341 Å². The van der Waals surface area contributed by atoms with Gasteiger partial charge in [0.25, 0.3) is 0 Å². The predicted molar refractivity (Wildman–Crippen MR) is 374 cm³/mol. The summed E-state index contributed by atoms with van der Waals surface area (Å²) in [7, 11) is 5.65. The zero-order chi connectivity index (χ0) is 70.6. The minimum atomic E-state index is -1.44. The molecule has 9 rings (SSSR count). The van der Waals surface area contributed by atoms with Crippen LogP contribution in [-0.2, 0) is 45.2 Å². The highest BCUT2D eigenvalue weighted by molar-refractivity contribution is 7.22. The minimum Gasteiger partial charge on any atom is -0.496 e. The van der Waals surface area contributed by atoms with Crippen molar-refractivity contribution >= 4 is 68.7 Å². The number of aromatic nitrogens is 4. The number of methoxy groups -OCH3 is 1. The van der Waals surface area contributed by atoms with E-state index in [-0.39, 0.29) is 45.0 Å². The van der Waals surface area contributed by atoms with Gasteiger partial charge in [0.2, 0.25) is 23.8 Å². The zero-order valence-corrected chi connectivity index (χ0v) is 57.3. The van der Waals surface area contributed by atoms with Crippen LogP contribution in [-0.4, -0.2) is 163 Å². The van der Waals surface area contributed by atoms with Crippen LogP contribution in [0.15, 0.2) is 127 Å². The summed E-state index contributed by atoms with van der Waals surface area (Å²) < 4.78 is 45.0. The number of nitrogens with zero attached hydrogens (tertiary/aromatic N) is 9. The average Bonchev–Trinajstić information content (AvgIpc) is 1.61. The van der Waals surface area contributed by atoms with Crippen molar-refractivity contribution in [2.45, 2.75) is 77.9 Å². The molecular formula is C70H80ClFN15O11S+. The first-order valence-corrected chi connectivity index (χ1v) is 33.4. The van der Waals surface area contributed by atoms with E-state index in [1.807, 2.05) is 62.5 Å². The number of aliphatic carboxylic acids is 1. The number of rotatable bonds is 33. The molecule has 1 aliphatic rings. The highest BCUT2D eigenvalue weighted by atomic mass is 35.5. The van der Waals surface area contributed by atoms with E-state index in [0.29, 0.717) is 115 Å². The molecule has 0 saturated carbocycles. The summed E-state index contributed by atoms with van der Waals surface area (Å²) in [6.45, 7) is 10.7. The molecule has 0 aliphatic carbocycles. The van der Waals surface area contributed by atoms with Gasteiger partial charge in [0, 0.05) is 71.9 Å². The number of para-hydroxylation sites is 2. The number of thiophene rings is 1. The number of alkyl carbamates (subject to hydrolysis) is 1. The van der Waals surface area contributed by atoms with E-state index in [4.69, 9.17) is 51.5 Å². The number of benzene rings is 5. The lowest BCUT2D eigenvalue weighted by Crippen LogP contribution is -2.57. The van der Waals surface area contributed by atoms with E-state index in [0.717, 1.165) is 47.4 Å². The number of quaternary nitrogens is 1. The largest absolute Gasteiger partial charge is 0.496 e. The number of anilines is 1. The van der Waals surface area contributed by atoms with Crippen LogP contribution in [0.25, 0.3) is 53.6 Å². The second kappa shape index (κ2) is 34.8. The molecule has 8 N–H and O–H groups in total. The molecule has 4 heterocycles.